The highest BCUT2D eigenvalue weighted by atomic mass is 35.5. The summed E-state index contributed by atoms with van der Waals surface area (Å²) in [7, 11) is 1.63. The van der Waals surface area contributed by atoms with Crippen LogP contribution in [-0.2, 0) is 9.47 Å². The van der Waals surface area contributed by atoms with Crippen molar-refractivity contribution in [1.82, 2.24) is 0 Å². The van der Waals surface area contributed by atoms with Crippen molar-refractivity contribution >= 4 is 29.0 Å². The Labute approximate surface area is 117 Å². The average molecular weight is 291 g/mol. The van der Waals surface area contributed by atoms with Crippen LogP contribution in [0.4, 0.5) is 0 Å². The summed E-state index contributed by atoms with van der Waals surface area (Å²) in [5.74, 6) is -0.144. The minimum atomic E-state index is -0.527. The lowest BCUT2D eigenvalue weighted by Crippen LogP contribution is -2.22. The number of hydrogen-bond donors (Lipinski definition) is 0. The maximum Gasteiger partial charge on any atom is 0.192 e. The van der Waals surface area contributed by atoms with E-state index in [1.807, 2.05) is 0 Å². The van der Waals surface area contributed by atoms with Gasteiger partial charge in [-0.1, -0.05) is 23.2 Å². The molecule has 3 nitrogen and oxygen atoms in total. The summed E-state index contributed by atoms with van der Waals surface area (Å²) in [5.41, 5.74) is 0.431. The number of ether oxygens (including phenoxy) is 2. The molecule has 5 heteroatoms. The summed E-state index contributed by atoms with van der Waals surface area (Å²) >= 11 is 11.8. The standard InChI is InChI=1S/C13H16Cl2O3/c1-9(18-7-3-6-17-2)13(16)11-5-4-10(14)8-12(11)15/h4-5,8-9H,3,6-7H2,1-2H3. The number of carbonyl (C=O) groups excluding carboxylic acids is 1. The first-order valence-corrected chi connectivity index (χ1v) is 6.41. The van der Waals surface area contributed by atoms with Crippen LogP contribution in [0.5, 0.6) is 0 Å². The molecule has 1 aromatic carbocycles. The number of benzene rings is 1. The van der Waals surface area contributed by atoms with Gasteiger partial charge in [0.1, 0.15) is 6.10 Å². The van der Waals surface area contributed by atoms with Crippen molar-refractivity contribution in [3.63, 3.8) is 0 Å². The van der Waals surface area contributed by atoms with Gasteiger partial charge in [0.15, 0.2) is 5.78 Å². The fourth-order valence-electron chi connectivity index (χ4n) is 1.45. The summed E-state index contributed by atoms with van der Waals surface area (Å²) in [6.45, 7) is 2.80. The molecule has 1 atom stereocenters. The molecular formula is C13H16Cl2O3. The normalized spacial score (nSPS) is 12.4. The third-order valence-electron chi connectivity index (χ3n) is 2.43. The fraction of sp³-hybridized carbons (Fsp3) is 0.462. The Morgan fingerprint density at radius 3 is 2.67 bits per heavy atom. The number of halogens is 2. The van der Waals surface area contributed by atoms with Crippen molar-refractivity contribution in [2.45, 2.75) is 19.4 Å². The molecule has 0 spiro atoms. The van der Waals surface area contributed by atoms with Gasteiger partial charge < -0.3 is 9.47 Å². The molecule has 0 aliphatic rings. The van der Waals surface area contributed by atoms with Gasteiger partial charge in [0.05, 0.1) is 5.02 Å². The highest BCUT2D eigenvalue weighted by molar-refractivity contribution is 6.37. The Kier molecular flexibility index (Phi) is 6.65. The number of Topliss-reactive ketones (excluding diaryl/α,β-unsaturated/α-hetero) is 1. The smallest absolute Gasteiger partial charge is 0.192 e. The van der Waals surface area contributed by atoms with Crippen LogP contribution in [0.15, 0.2) is 18.2 Å². The van der Waals surface area contributed by atoms with E-state index in [1.54, 1.807) is 32.2 Å². The van der Waals surface area contributed by atoms with E-state index in [0.717, 1.165) is 6.42 Å². The number of methoxy groups -OCH3 is 1. The summed E-state index contributed by atoms with van der Waals surface area (Å²) in [5, 5.41) is 0.852. The molecule has 0 aliphatic heterocycles. The van der Waals surface area contributed by atoms with E-state index < -0.39 is 6.10 Å². The van der Waals surface area contributed by atoms with Gasteiger partial charge >= 0.3 is 0 Å². The molecule has 0 N–H and O–H groups in total. The highest BCUT2D eigenvalue weighted by Gasteiger charge is 2.18. The zero-order valence-corrected chi connectivity index (χ0v) is 11.9. The van der Waals surface area contributed by atoms with Crippen LogP contribution in [0.3, 0.4) is 0 Å². The van der Waals surface area contributed by atoms with Crippen LogP contribution in [0, 0.1) is 0 Å². The van der Waals surface area contributed by atoms with Crippen molar-refractivity contribution in [3.05, 3.63) is 33.8 Å². The van der Waals surface area contributed by atoms with Gasteiger partial charge in [-0.05, 0) is 31.5 Å². The van der Waals surface area contributed by atoms with Crippen molar-refractivity contribution in [2.75, 3.05) is 20.3 Å². The van der Waals surface area contributed by atoms with Crippen molar-refractivity contribution in [1.29, 1.82) is 0 Å². The molecule has 0 amide bonds. The number of ketones is 1. The quantitative estimate of drug-likeness (QED) is 0.568. The zero-order chi connectivity index (χ0) is 13.5. The second kappa shape index (κ2) is 7.74. The summed E-state index contributed by atoms with van der Waals surface area (Å²) in [4.78, 5) is 12.1. The van der Waals surface area contributed by atoms with Crippen LogP contribution in [0.25, 0.3) is 0 Å². The maximum atomic E-state index is 12.1. The van der Waals surface area contributed by atoms with E-state index >= 15 is 0 Å². The molecular weight excluding hydrogens is 275 g/mol. The largest absolute Gasteiger partial charge is 0.385 e. The predicted molar refractivity (Wildman–Crippen MR) is 72.7 cm³/mol. The van der Waals surface area contributed by atoms with Gasteiger partial charge in [0.25, 0.3) is 0 Å². The van der Waals surface area contributed by atoms with Crippen LogP contribution in [0.1, 0.15) is 23.7 Å². The Morgan fingerprint density at radius 1 is 1.33 bits per heavy atom. The predicted octanol–water partition coefficient (Wildman–Crippen LogP) is 3.62. The summed E-state index contributed by atoms with van der Waals surface area (Å²) in [6.07, 6.45) is 0.225. The molecule has 0 aliphatic carbocycles. The fourth-order valence-corrected chi connectivity index (χ4v) is 1.95. The minimum Gasteiger partial charge on any atom is -0.385 e. The van der Waals surface area contributed by atoms with E-state index in [0.29, 0.717) is 28.8 Å². The Morgan fingerprint density at radius 2 is 2.06 bits per heavy atom. The molecule has 18 heavy (non-hydrogen) atoms. The highest BCUT2D eigenvalue weighted by Crippen LogP contribution is 2.22. The number of carbonyl (C=O) groups is 1. The van der Waals surface area contributed by atoms with Crippen LogP contribution < -0.4 is 0 Å². The van der Waals surface area contributed by atoms with Crippen molar-refractivity contribution in [2.24, 2.45) is 0 Å². The van der Waals surface area contributed by atoms with E-state index in [2.05, 4.69) is 0 Å². The molecule has 1 unspecified atom stereocenters. The Bertz CT molecular complexity index is 407. The molecule has 0 radical (unpaired) electrons. The lowest BCUT2D eigenvalue weighted by molar-refractivity contribution is 0.0404. The lowest BCUT2D eigenvalue weighted by Gasteiger charge is -2.13. The Hall–Kier alpha value is -0.610. The second-order valence-electron chi connectivity index (χ2n) is 3.85. The molecule has 0 saturated carbocycles. The van der Waals surface area contributed by atoms with Crippen molar-refractivity contribution < 1.29 is 14.3 Å². The average Bonchev–Trinajstić information content (AvgIpc) is 2.33. The van der Waals surface area contributed by atoms with E-state index in [9.17, 15) is 4.79 Å². The first-order chi connectivity index (χ1) is 8.56. The molecule has 0 saturated heterocycles. The minimum absolute atomic E-state index is 0.144. The van der Waals surface area contributed by atoms with Gasteiger partial charge in [0.2, 0.25) is 0 Å². The summed E-state index contributed by atoms with van der Waals surface area (Å²) < 4.78 is 10.3. The van der Waals surface area contributed by atoms with Gasteiger partial charge in [-0.25, -0.2) is 0 Å². The Balaban J connectivity index is 2.57. The van der Waals surface area contributed by atoms with Gasteiger partial charge in [0, 0.05) is 30.9 Å². The lowest BCUT2D eigenvalue weighted by atomic mass is 10.1. The third kappa shape index (κ3) is 4.58. The van der Waals surface area contributed by atoms with E-state index in [4.69, 9.17) is 32.7 Å². The maximum absolute atomic E-state index is 12.1. The van der Waals surface area contributed by atoms with Gasteiger partial charge in [-0.15, -0.1) is 0 Å². The molecule has 1 aromatic rings. The topological polar surface area (TPSA) is 35.5 Å². The first kappa shape index (κ1) is 15.4. The SMILES string of the molecule is COCCCOC(C)C(=O)c1ccc(Cl)cc1Cl. The van der Waals surface area contributed by atoms with E-state index in [1.165, 1.54) is 0 Å². The van der Waals surface area contributed by atoms with Gasteiger partial charge in [-0.2, -0.15) is 0 Å². The summed E-state index contributed by atoms with van der Waals surface area (Å²) in [6, 6.07) is 4.80. The third-order valence-corrected chi connectivity index (χ3v) is 2.97. The second-order valence-corrected chi connectivity index (χ2v) is 4.69. The monoisotopic (exact) mass is 290 g/mol. The molecule has 0 aromatic heterocycles. The zero-order valence-electron chi connectivity index (χ0n) is 10.4. The molecule has 0 bridgehead atoms. The number of hydrogen-bond acceptors (Lipinski definition) is 3. The number of rotatable bonds is 7. The first-order valence-electron chi connectivity index (χ1n) is 5.66. The molecule has 0 heterocycles. The van der Waals surface area contributed by atoms with Crippen LogP contribution in [0.2, 0.25) is 10.0 Å². The molecule has 100 valence electrons. The van der Waals surface area contributed by atoms with Gasteiger partial charge in [-0.3, -0.25) is 4.79 Å². The van der Waals surface area contributed by atoms with Crippen LogP contribution >= 0.6 is 23.2 Å². The molecule has 1 rings (SSSR count). The van der Waals surface area contributed by atoms with Crippen molar-refractivity contribution in [3.8, 4) is 0 Å². The van der Waals surface area contributed by atoms with Crippen LogP contribution in [-0.4, -0.2) is 32.2 Å². The van der Waals surface area contributed by atoms with E-state index in [-0.39, 0.29) is 5.78 Å². The molecule has 0 fully saturated rings.